The Kier molecular flexibility index (Phi) is 3.61. The Hall–Kier alpha value is -1.59. The monoisotopic (exact) mass is 226 g/mol. The van der Waals surface area contributed by atoms with E-state index in [1.54, 1.807) is 5.57 Å². The number of benzene rings is 1. The average Bonchev–Trinajstić information content (AvgIpc) is 2.38. The van der Waals surface area contributed by atoms with Crippen LogP contribution in [0.25, 0.3) is 5.57 Å². The van der Waals surface area contributed by atoms with Crippen molar-refractivity contribution in [1.29, 1.82) is 5.26 Å². The number of nitriles is 1. The third-order valence-corrected chi connectivity index (χ3v) is 3.44. The molecule has 0 aliphatic carbocycles. The molecule has 17 heavy (non-hydrogen) atoms. The molecule has 1 heterocycles. The summed E-state index contributed by atoms with van der Waals surface area (Å²) in [5.74, 6) is 0. The van der Waals surface area contributed by atoms with E-state index in [4.69, 9.17) is 5.26 Å². The van der Waals surface area contributed by atoms with Gasteiger partial charge in [0.15, 0.2) is 0 Å². The van der Waals surface area contributed by atoms with Crippen LogP contribution in [0.4, 0.5) is 0 Å². The summed E-state index contributed by atoms with van der Waals surface area (Å²) in [6.45, 7) is 6.35. The Bertz CT molecular complexity index is 492. The fraction of sp³-hybridized carbons (Fsp3) is 0.400. The van der Waals surface area contributed by atoms with Crippen LogP contribution in [0.15, 0.2) is 23.8 Å². The van der Waals surface area contributed by atoms with Gasteiger partial charge in [-0.15, -0.1) is 0 Å². The van der Waals surface area contributed by atoms with Crippen molar-refractivity contribution in [2.24, 2.45) is 0 Å². The van der Waals surface area contributed by atoms with Crippen LogP contribution in [-0.4, -0.2) is 13.1 Å². The lowest BCUT2D eigenvalue weighted by molar-refractivity contribution is 0.699. The summed E-state index contributed by atoms with van der Waals surface area (Å²) in [4.78, 5) is 0. The lowest BCUT2D eigenvalue weighted by Gasteiger charge is -2.22. The molecule has 0 aromatic heterocycles. The van der Waals surface area contributed by atoms with Crippen LogP contribution in [-0.2, 0) is 0 Å². The Morgan fingerprint density at radius 1 is 1.41 bits per heavy atom. The third-order valence-electron chi connectivity index (χ3n) is 3.44. The molecule has 0 fully saturated rings. The maximum absolute atomic E-state index is 8.89. The zero-order valence-corrected chi connectivity index (χ0v) is 10.5. The second kappa shape index (κ2) is 5.16. The Morgan fingerprint density at radius 2 is 2.24 bits per heavy atom. The Balaban J connectivity index is 2.46. The molecule has 1 N–H and O–H groups in total. The van der Waals surface area contributed by atoms with E-state index in [1.165, 1.54) is 16.7 Å². The third kappa shape index (κ3) is 2.40. The van der Waals surface area contributed by atoms with Crippen molar-refractivity contribution < 1.29 is 0 Å². The summed E-state index contributed by atoms with van der Waals surface area (Å²) in [5.41, 5.74) is 6.23. The second-order valence-electron chi connectivity index (χ2n) is 4.50. The van der Waals surface area contributed by atoms with Gasteiger partial charge >= 0.3 is 0 Å². The van der Waals surface area contributed by atoms with E-state index in [0.29, 0.717) is 0 Å². The summed E-state index contributed by atoms with van der Waals surface area (Å²) in [6, 6.07) is 8.17. The summed E-state index contributed by atoms with van der Waals surface area (Å²) in [5, 5.41) is 12.3. The maximum Gasteiger partial charge on any atom is 0.0991 e. The predicted molar refractivity (Wildman–Crippen MR) is 70.6 cm³/mol. The second-order valence-corrected chi connectivity index (χ2v) is 4.50. The molecule has 88 valence electrons. The fourth-order valence-corrected chi connectivity index (χ4v) is 2.48. The number of aryl methyl sites for hydroxylation is 1. The molecule has 2 heteroatoms. The van der Waals surface area contributed by atoms with E-state index in [2.05, 4.69) is 31.3 Å². The van der Waals surface area contributed by atoms with Crippen LogP contribution >= 0.6 is 0 Å². The zero-order chi connectivity index (χ0) is 12.3. The highest BCUT2D eigenvalue weighted by Gasteiger charge is 2.14. The molecule has 0 bridgehead atoms. The first-order valence-electron chi connectivity index (χ1n) is 6.19. The SMILES string of the molecule is CCC1=C(c2ccc(C#N)cc2C)CNCC1. The summed E-state index contributed by atoms with van der Waals surface area (Å²) >= 11 is 0. The highest BCUT2D eigenvalue weighted by molar-refractivity contribution is 5.73. The van der Waals surface area contributed by atoms with E-state index in [0.717, 1.165) is 31.5 Å². The van der Waals surface area contributed by atoms with Crippen LogP contribution in [0, 0.1) is 18.3 Å². The molecule has 1 aliphatic rings. The minimum atomic E-state index is 0.744. The van der Waals surface area contributed by atoms with Gasteiger partial charge in [0.25, 0.3) is 0 Å². The number of hydrogen-bond donors (Lipinski definition) is 1. The Labute approximate surface area is 103 Å². The molecule has 1 aromatic carbocycles. The van der Waals surface area contributed by atoms with Crippen molar-refractivity contribution in [2.45, 2.75) is 26.7 Å². The highest BCUT2D eigenvalue weighted by atomic mass is 14.9. The van der Waals surface area contributed by atoms with E-state index >= 15 is 0 Å². The van der Waals surface area contributed by atoms with Crippen LogP contribution < -0.4 is 5.32 Å². The van der Waals surface area contributed by atoms with E-state index in [1.807, 2.05) is 12.1 Å². The highest BCUT2D eigenvalue weighted by Crippen LogP contribution is 2.27. The molecule has 0 atom stereocenters. The maximum atomic E-state index is 8.89. The number of nitrogens with one attached hydrogen (secondary N) is 1. The van der Waals surface area contributed by atoms with Crippen molar-refractivity contribution in [3.05, 3.63) is 40.5 Å². The molecule has 1 aromatic rings. The molecule has 0 amide bonds. The van der Waals surface area contributed by atoms with Crippen molar-refractivity contribution in [1.82, 2.24) is 5.32 Å². The quantitative estimate of drug-likeness (QED) is 0.841. The summed E-state index contributed by atoms with van der Waals surface area (Å²) in [6.07, 6.45) is 2.27. The summed E-state index contributed by atoms with van der Waals surface area (Å²) in [7, 11) is 0. The topological polar surface area (TPSA) is 35.8 Å². The number of nitrogens with zero attached hydrogens (tertiary/aromatic N) is 1. The minimum absolute atomic E-state index is 0.744. The molecule has 0 spiro atoms. The summed E-state index contributed by atoms with van der Waals surface area (Å²) < 4.78 is 0. The molecular weight excluding hydrogens is 208 g/mol. The van der Waals surface area contributed by atoms with E-state index in [9.17, 15) is 0 Å². The normalized spacial score (nSPS) is 15.8. The molecule has 2 rings (SSSR count). The van der Waals surface area contributed by atoms with Gasteiger partial charge in [0.05, 0.1) is 11.6 Å². The van der Waals surface area contributed by atoms with Gasteiger partial charge in [0.1, 0.15) is 0 Å². The standard InChI is InChI=1S/C15H18N2/c1-3-13-6-7-17-10-15(13)14-5-4-12(9-16)8-11(14)2/h4-5,8,17H,3,6-7,10H2,1-2H3. The molecular formula is C15H18N2. The molecule has 2 nitrogen and oxygen atoms in total. The van der Waals surface area contributed by atoms with Crippen LogP contribution in [0.1, 0.15) is 36.5 Å². The van der Waals surface area contributed by atoms with Crippen LogP contribution in [0.3, 0.4) is 0 Å². The van der Waals surface area contributed by atoms with Gasteiger partial charge in [-0.05, 0) is 55.1 Å². The Morgan fingerprint density at radius 3 is 2.88 bits per heavy atom. The van der Waals surface area contributed by atoms with E-state index < -0.39 is 0 Å². The molecule has 0 saturated heterocycles. The van der Waals surface area contributed by atoms with Gasteiger partial charge in [-0.1, -0.05) is 18.6 Å². The number of hydrogen-bond acceptors (Lipinski definition) is 2. The minimum Gasteiger partial charge on any atom is -0.312 e. The van der Waals surface area contributed by atoms with Gasteiger partial charge in [-0.2, -0.15) is 5.26 Å². The largest absolute Gasteiger partial charge is 0.312 e. The van der Waals surface area contributed by atoms with Crippen molar-refractivity contribution in [3.63, 3.8) is 0 Å². The van der Waals surface area contributed by atoms with Gasteiger partial charge in [-0.25, -0.2) is 0 Å². The van der Waals surface area contributed by atoms with Crippen molar-refractivity contribution >= 4 is 5.57 Å². The smallest absolute Gasteiger partial charge is 0.0991 e. The van der Waals surface area contributed by atoms with Gasteiger partial charge in [-0.3, -0.25) is 0 Å². The molecule has 0 saturated carbocycles. The van der Waals surface area contributed by atoms with Crippen LogP contribution in [0.2, 0.25) is 0 Å². The molecule has 0 radical (unpaired) electrons. The van der Waals surface area contributed by atoms with Crippen molar-refractivity contribution in [2.75, 3.05) is 13.1 Å². The molecule has 0 unspecified atom stereocenters. The van der Waals surface area contributed by atoms with Crippen molar-refractivity contribution in [3.8, 4) is 6.07 Å². The molecule has 1 aliphatic heterocycles. The van der Waals surface area contributed by atoms with Crippen LogP contribution in [0.5, 0.6) is 0 Å². The lowest BCUT2D eigenvalue weighted by Crippen LogP contribution is -2.24. The predicted octanol–water partition coefficient (Wildman–Crippen LogP) is 3.02. The number of rotatable bonds is 2. The van der Waals surface area contributed by atoms with E-state index in [-0.39, 0.29) is 0 Å². The fourth-order valence-electron chi connectivity index (χ4n) is 2.48. The first kappa shape index (κ1) is 11.9. The lowest BCUT2D eigenvalue weighted by atomic mass is 9.90. The zero-order valence-electron chi connectivity index (χ0n) is 10.5. The van der Waals surface area contributed by atoms with Gasteiger partial charge in [0, 0.05) is 6.54 Å². The van der Waals surface area contributed by atoms with Gasteiger partial charge in [0.2, 0.25) is 0 Å². The average molecular weight is 226 g/mol. The first-order valence-corrected chi connectivity index (χ1v) is 6.19. The first-order chi connectivity index (χ1) is 8.26. The van der Waals surface area contributed by atoms with Gasteiger partial charge < -0.3 is 5.32 Å².